The first-order valence-electron chi connectivity index (χ1n) is 7.17. The summed E-state index contributed by atoms with van der Waals surface area (Å²) < 4.78 is 1.53. The van der Waals surface area contributed by atoms with Crippen LogP contribution in [0.3, 0.4) is 0 Å². The molecule has 1 heterocycles. The molecule has 0 aliphatic heterocycles. The number of aryl methyl sites for hydroxylation is 2. The van der Waals surface area contributed by atoms with Crippen LogP contribution in [0, 0.1) is 0 Å². The molecule has 20 heavy (non-hydrogen) atoms. The number of anilines is 1. The zero-order valence-electron chi connectivity index (χ0n) is 12.5. The summed E-state index contributed by atoms with van der Waals surface area (Å²) in [5, 5.41) is 14.7. The van der Waals surface area contributed by atoms with Gasteiger partial charge in [-0.15, -0.1) is 0 Å². The van der Waals surface area contributed by atoms with Crippen LogP contribution in [0.5, 0.6) is 0 Å². The molecule has 0 aromatic carbocycles. The third-order valence-electron chi connectivity index (χ3n) is 4.11. The maximum absolute atomic E-state index is 12.5. The van der Waals surface area contributed by atoms with Crippen LogP contribution in [-0.2, 0) is 13.5 Å². The van der Waals surface area contributed by atoms with Gasteiger partial charge in [0.1, 0.15) is 5.69 Å². The number of amides is 1. The van der Waals surface area contributed by atoms with Crippen LogP contribution >= 0.6 is 0 Å². The molecule has 2 rings (SSSR count). The van der Waals surface area contributed by atoms with Gasteiger partial charge in [0.2, 0.25) is 0 Å². The molecule has 1 amide bonds. The number of nitrogens with two attached hydrogens (primary N) is 1. The van der Waals surface area contributed by atoms with Crippen LogP contribution < -0.4 is 5.73 Å². The van der Waals surface area contributed by atoms with Crippen molar-refractivity contribution in [3.63, 3.8) is 0 Å². The van der Waals surface area contributed by atoms with Gasteiger partial charge in [0.25, 0.3) is 5.91 Å². The van der Waals surface area contributed by atoms with Crippen molar-refractivity contribution < 1.29 is 9.90 Å². The molecule has 0 atom stereocenters. The highest BCUT2D eigenvalue weighted by atomic mass is 16.3. The van der Waals surface area contributed by atoms with Crippen molar-refractivity contribution in [3.8, 4) is 0 Å². The van der Waals surface area contributed by atoms with Crippen molar-refractivity contribution in [2.75, 3.05) is 19.3 Å². The van der Waals surface area contributed by atoms with Crippen molar-refractivity contribution in [1.82, 2.24) is 14.7 Å². The smallest absolute Gasteiger partial charge is 0.274 e. The summed E-state index contributed by atoms with van der Waals surface area (Å²) in [6.45, 7) is 2.30. The van der Waals surface area contributed by atoms with Gasteiger partial charge in [0, 0.05) is 20.6 Å². The molecule has 0 bridgehead atoms. The first-order chi connectivity index (χ1) is 9.38. The molecule has 0 spiro atoms. The summed E-state index contributed by atoms with van der Waals surface area (Å²) in [4.78, 5) is 14.1. The third-order valence-corrected chi connectivity index (χ3v) is 4.11. The molecular formula is C14H24N4O2. The Morgan fingerprint density at radius 2 is 2.10 bits per heavy atom. The zero-order valence-corrected chi connectivity index (χ0v) is 12.5. The minimum atomic E-state index is -0.745. The minimum Gasteiger partial charge on any atom is -0.395 e. The molecule has 112 valence electrons. The zero-order chi connectivity index (χ0) is 14.9. The van der Waals surface area contributed by atoms with Gasteiger partial charge in [0.05, 0.1) is 17.0 Å². The second kappa shape index (κ2) is 5.44. The molecule has 1 aromatic rings. The maximum atomic E-state index is 12.5. The first kappa shape index (κ1) is 14.8. The lowest BCUT2D eigenvalue weighted by molar-refractivity contribution is 0.0153. The molecule has 6 heteroatoms. The van der Waals surface area contributed by atoms with E-state index < -0.39 is 5.60 Å². The van der Waals surface area contributed by atoms with E-state index in [1.54, 1.807) is 19.0 Å². The Balaban J connectivity index is 2.16. The fraction of sp³-hybridized carbons (Fsp3) is 0.714. The van der Waals surface area contributed by atoms with E-state index in [-0.39, 0.29) is 5.91 Å². The number of aromatic nitrogens is 2. The molecule has 1 aliphatic rings. The largest absolute Gasteiger partial charge is 0.395 e. The van der Waals surface area contributed by atoms with E-state index in [9.17, 15) is 9.90 Å². The van der Waals surface area contributed by atoms with Gasteiger partial charge in [-0.25, -0.2) is 0 Å². The fourth-order valence-electron chi connectivity index (χ4n) is 3.00. The topological polar surface area (TPSA) is 84.4 Å². The lowest BCUT2D eigenvalue weighted by Gasteiger charge is -2.28. The number of likely N-dealkylation sites (N-methyl/N-ethyl adjacent to an activating group) is 1. The number of aliphatic hydroxyl groups is 1. The van der Waals surface area contributed by atoms with Gasteiger partial charge in [-0.2, -0.15) is 5.10 Å². The predicted molar refractivity (Wildman–Crippen MR) is 77.4 cm³/mol. The number of hydrogen-bond acceptors (Lipinski definition) is 4. The molecule has 6 nitrogen and oxygen atoms in total. The molecule has 1 fully saturated rings. The summed E-state index contributed by atoms with van der Waals surface area (Å²) >= 11 is 0. The molecule has 0 unspecified atom stereocenters. The Bertz CT molecular complexity index is 504. The van der Waals surface area contributed by atoms with E-state index in [1.807, 2.05) is 6.92 Å². The van der Waals surface area contributed by atoms with Crippen LogP contribution in [-0.4, -0.2) is 44.9 Å². The summed E-state index contributed by atoms with van der Waals surface area (Å²) in [7, 11) is 3.43. The second-order valence-electron chi connectivity index (χ2n) is 5.78. The quantitative estimate of drug-likeness (QED) is 0.859. The van der Waals surface area contributed by atoms with Crippen LogP contribution in [0.15, 0.2) is 0 Å². The van der Waals surface area contributed by atoms with Crippen LogP contribution in [0.2, 0.25) is 0 Å². The SMILES string of the molecule is CCc1nn(C)c(C(=O)N(C)CC2(O)CCCC2)c1N. The number of nitrogen functional groups attached to an aromatic ring is 1. The summed E-state index contributed by atoms with van der Waals surface area (Å²) in [6.07, 6.45) is 4.25. The number of carbonyl (C=O) groups excluding carboxylic acids is 1. The molecule has 1 aliphatic carbocycles. The fourth-order valence-corrected chi connectivity index (χ4v) is 3.00. The maximum Gasteiger partial charge on any atom is 0.274 e. The Morgan fingerprint density at radius 1 is 1.50 bits per heavy atom. The predicted octanol–water partition coefficient (Wildman–Crippen LogP) is 0.942. The molecule has 0 radical (unpaired) electrons. The average Bonchev–Trinajstić information content (AvgIpc) is 2.93. The normalized spacial score (nSPS) is 17.4. The van der Waals surface area contributed by atoms with Crippen molar-refractivity contribution in [2.24, 2.45) is 7.05 Å². The van der Waals surface area contributed by atoms with Crippen LogP contribution in [0.25, 0.3) is 0 Å². The summed E-state index contributed by atoms with van der Waals surface area (Å²) in [6, 6.07) is 0. The summed E-state index contributed by atoms with van der Waals surface area (Å²) in [5.41, 5.74) is 6.85. The molecule has 3 N–H and O–H groups in total. The minimum absolute atomic E-state index is 0.183. The molecule has 1 saturated carbocycles. The lowest BCUT2D eigenvalue weighted by Crippen LogP contribution is -2.42. The van der Waals surface area contributed by atoms with E-state index in [4.69, 9.17) is 5.73 Å². The van der Waals surface area contributed by atoms with E-state index in [2.05, 4.69) is 5.10 Å². The van der Waals surface area contributed by atoms with Crippen molar-refractivity contribution >= 4 is 11.6 Å². The Labute approximate surface area is 119 Å². The van der Waals surface area contributed by atoms with Gasteiger partial charge in [-0.05, 0) is 19.3 Å². The second-order valence-corrected chi connectivity index (χ2v) is 5.78. The van der Waals surface area contributed by atoms with Crippen molar-refractivity contribution in [1.29, 1.82) is 0 Å². The van der Waals surface area contributed by atoms with Crippen LogP contribution in [0.1, 0.15) is 48.8 Å². The van der Waals surface area contributed by atoms with E-state index >= 15 is 0 Å². The van der Waals surface area contributed by atoms with Crippen molar-refractivity contribution in [2.45, 2.75) is 44.6 Å². The van der Waals surface area contributed by atoms with Crippen LogP contribution in [0.4, 0.5) is 5.69 Å². The summed E-state index contributed by atoms with van der Waals surface area (Å²) in [5.74, 6) is -0.183. The van der Waals surface area contributed by atoms with Gasteiger partial charge >= 0.3 is 0 Å². The van der Waals surface area contributed by atoms with Crippen molar-refractivity contribution in [3.05, 3.63) is 11.4 Å². The van der Waals surface area contributed by atoms with Gasteiger partial charge in [-0.1, -0.05) is 19.8 Å². The number of nitrogens with zero attached hydrogens (tertiary/aromatic N) is 3. The number of rotatable bonds is 4. The Kier molecular flexibility index (Phi) is 4.04. The van der Waals surface area contributed by atoms with Gasteiger partial charge < -0.3 is 15.7 Å². The molecule has 0 saturated heterocycles. The third kappa shape index (κ3) is 2.65. The molecule has 1 aromatic heterocycles. The monoisotopic (exact) mass is 280 g/mol. The van der Waals surface area contributed by atoms with E-state index in [0.717, 1.165) is 31.4 Å². The molecular weight excluding hydrogens is 256 g/mol. The number of carbonyl (C=O) groups is 1. The van der Waals surface area contributed by atoms with Gasteiger partial charge in [0.15, 0.2) is 0 Å². The van der Waals surface area contributed by atoms with Gasteiger partial charge in [-0.3, -0.25) is 9.48 Å². The highest BCUT2D eigenvalue weighted by Gasteiger charge is 2.34. The van der Waals surface area contributed by atoms with E-state index in [1.165, 1.54) is 4.68 Å². The lowest BCUT2D eigenvalue weighted by atomic mass is 10.0. The Morgan fingerprint density at radius 3 is 2.60 bits per heavy atom. The highest BCUT2D eigenvalue weighted by molar-refractivity contribution is 5.97. The van der Waals surface area contributed by atoms with E-state index in [0.29, 0.717) is 24.3 Å². The number of hydrogen-bond donors (Lipinski definition) is 2. The Hall–Kier alpha value is -1.56. The highest BCUT2D eigenvalue weighted by Crippen LogP contribution is 2.30. The standard InChI is InChI=1S/C14H24N4O2/c1-4-10-11(15)12(18(3)16-10)13(19)17(2)9-14(20)7-5-6-8-14/h20H,4-9,15H2,1-3H3. The average molecular weight is 280 g/mol. The first-order valence-corrected chi connectivity index (χ1v) is 7.17.